The van der Waals surface area contributed by atoms with Crippen LogP contribution >= 0.6 is 24.8 Å². The molecule has 0 aromatic carbocycles. The minimum atomic E-state index is -0.428. The molecule has 2 heterocycles. The molecule has 0 bridgehead atoms. The smallest absolute Gasteiger partial charge is 0.240 e. The van der Waals surface area contributed by atoms with Gasteiger partial charge in [-0.3, -0.25) is 9.78 Å². The van der Waals surface area contributed by atoms with Gasteiger partial charge in [-0.05, 0) is 37.8 Å². The molecule has 1 unspecified atom stereocenters. The van der Waals surface area contributed by atoms with E-state index in [0.29, 0.717) is 26.3 Å². The summed E-state index contributed by atoms with van der Waals surface area (Å²) in [7, 11) is 0. The Bertz CT molecular complexity index is 428. The molecule has 1 amide bonds. The molecular weight excluding hydrogens is 325 g/mol. The first-order chi connectivity index (χ1) is 9.72. The maximum Gasteiger partial charge on any atom is 0.240 e. The van der Waals surface area contributed by atoms with Crippen molar-refractivity contribution in [1.82, 2.24) is 9.88 Å². The molecule has 5 nitrogen and oxygen atoms in total. The molecule has 1 aromatic heterocycles. The van der Waals surface area contributed by atoms with Crippen molar-refractivity contribution in [2.45, 2.75) is 32.4 Å². The second kappa shape index (κ2) is 10.8. The minimum absolute atomic E-state index is 0. The molecule has 2 rings (SSSR count). The van der Waals surface area contributed by atoms with Crippen LogP contribution < -0.4 is 5.73 Å². The molecule has 126 valence electrons. The van der Waals surface area contributed by atoms with Crippen LogP contribution in [0.15, 0.2) is 24.4 Å². The molecule has 7 heteroatoms. The number of carbonyl (C=O) groups excluding carboxylic acids is 1. The molecule has 0 spiro atoms. The molecule has 1 saturated heterocycles. The predicted octanol–water partition coefficient (Wildman–Crippen LogP) is 2.03. The van der Waals surface area contributed by atoms with Crippen LogP contribution in [0, 0.1) is 5.92 Å². The lowest BCUT2D eigenvalue weighted by atomic mass is 9.91. The summed E-state index contributed by atoms with van der Waals surface area (Å²) in [5, 5.41) is 0. The Balaban J connectivity index is 0.00000220. The lowest BCUT2D eigenvalue weighted by molar-refractivity contribution is -0.135. The second-order valence-electron chi connectivity index (χ2n) is 5.15. The maximum atomic E-state index is 12.5. The number of nitrogens with two attached hydrogens (primary N) is 1. The maximum absolute atomic E-state index is 12.5. The van der Waals surface area contributed by atoms with Gasteiger partial charge >= 0.3 is 0 Å². The van der Waals surface area contributed by atoms with Crippen LogP contribution in [0.5, 0.6) is 0 Å². The third kappa shape index (κ3) is 5.72. The number of rotatable bonds is 5. The van der Waals surface area contributed by atoms with Crippen molar-refractivity contribution in [3.8, 4) is 0 Å². The summed E-state index contributed by atoms with van der Waals surface area (Å²) in [4.78, 5) is 18.6. The Morgan fingerprint density at radius 2 is 2.09 bits per heavy atom. The first kappa shape index (κ1) is 21.1. The fourth-order valence-corrected chi connectivity index (χ4v) is 2.52. The lowest BCUT2D eigenvalue weighted by Gasteiger charge is -2.31. The van der Waals surface area contributed by atoms with Crippen LogP contribution in [0.25, 0.3) is 0 Å². The van der Waals surface area contributed by atoms with Crippen molar-refractivity contribution < 1.29 is 9.53 Å². The van der Waals surface area contributed by atoms with Crippen LogP contribution in [0.2, 0.25) is 0 Å². The Kier molecular flexibility index (Phi) is 10.3. The van der Waals surface area contributed by atoms with Gasteiger partial charge in [0, 0.05) is 26.0 Å². The summed E-state index contributed by atoms with van der Waals surface area (Å²) in [6, 6.07) is 5.30. The molecule has 0 radical (unpaired) electrons. The fourth-order valence-electron chi connectivity index (χ4n) is 2.52. The first-order valence-electron chi connectivity index (χ1n) is 7.24. The minimum Gasteiger partial charge on any atom is -0.381 e. The van der Waals surface area contributed by atoms with Gasteiger partial charge in [0.1, 0.15) is 0 Å². The highest BCUT2D eigenvalue weighted by Crippen LogP contribution is 2.19. The zero-order chi connectivity index (χ0) is 14.4. The van der Waals surface area contributed by atoms with E-state index < -0.39 is 6.04 Å². The molecule has 0 aliphatic carbocycles. The monoisotopic (exact) mass is 349 g/mol. The zero-order valence-corrected chi connectivity index (χ0v) is 14.4. The first-order valence-corrected chi connectivity index (χ1v) is 7.24. The Morgan fingerprint density at radius 1 is 1.41 bits per heavy atom. The second-order valence-corrected chi connectivity index (χ2v) is 5.15. The highest BCUT2D eigenvalue weighted by Gasteiger charge is 2.29. The van der Waals surface area contributed by atoms with Gasteiger partial charge < -0.3 is 15.4 Å². The van der Waals surface area contributed by atoms with Crippen molar-refractivity contribution in [3.63, 3.8) is 0 Å². The number of halogens is 2. The van der Waals surface area contributed by atoms with E-state index in [1.165, 1.54) is 0 Å². The Morgan fingerprint density at radius 3 is 2.64 bits per heavy atom. The van der Waals surface area contributed by atoms with Gasteiger partial charge in [0.25, 0.3) is 0 Å². The fraction of sp³-hybridized carbons (Fsp3) is 0.600. The zero-order valence-electron chi connectivity index (χ0n) is 12.8. The standard InChI is InChI=1S/C15H23N3O2.2ClH/c1-2-18(11-13-5-3-4-8-17-13)15(19)14(16)12-6-9-20-10-7-12;;/h3-5,8,12,14H,2,6-7,9-11,16H2,1H3;2*1H. The lowest BCUT2D eigenvalue weighted by Crippen LogP contribution is -2.48. The summed E-state index contributed by atoms with van der Waals surface area (Å²) in [6.07, 6.45) is 3.48. The van der Waals surface area contributed by atoms with E-state index in [1.807, 2.05) is 25.1 Å². The van der Waals surface area contributed by atoms with E-state index in [9.17, 15) is 4.79 Å². The quantitative estimate of drug-likeness (QED) is 0.882. The van der Waals surface area contributed by atoms with E-state index in [-0.39, 0.29) is 36.6 Å². The molecule has 0 saturated carbocycles. The van der Waals surface area contributed by atoms with Crippen molar-refractivity contribution in [2.24, 2.45) is 11.7 Å². The molecular formula is C15H25Cl2N3O2. The van der Waals surface area contributed by atoms with E-state index >= 15 is 0 Å². The number of likely N-dealkylation sites (N-methyl/N-ethyl adjacent to an activating group) is 1. The van der Waals surface area contributed by atoms with E-state index in [1.54, 1.807) is 11.1 Å². The number of carbonyl (C=O) groups is 1. The molecule has 1 aliphatic rings. The summed E-state index contributed by atoms with van der Waals surface area (Å²) < 4.78 is 5.32. The number of ether oxygens (including phenoxy) is 1. The van der Waals surface area contributed by atoms with Gasteiger partial charge in [-0.25, -0.2) is 0 Å². The van der Waals surface area contributed by atoms with Gasteiger partial charge in [0.2, 0.25) is 5.91 Å². The summed E-state index contributed by atoms with van der Waals surface area (Å²) in [6.45, 7) is 4.55. The van der Waals surface area contributed by atoms with Crippen LogP contribution in [0.1, 0.15) is 25.5 Å². The molecule has 22 heavy (non-hydrogen) atoms. The van der Waals surface area contributed by atoms with Crippen molar-refractivity contribution in [2.75, 3.05) is 19.8 Å². The number of hydrogen-bond acceptors (Lipinski definition) is 4. The van der Waals surface area contributed by atoms with Crippen LogP contribution in [-0.4, -0.2) is 41.6 Å². The van der Waals surface area contributed by atoms with Gasteiger partial charge in [0.15, 0.2) is 0 Å². The van der Waals surface area contributed by atoms with Crippen molar-refractivity contribution in [3.05, 3.63) is 30.1 Å². The highest BCUT2D eigenvalue weighted by atomic mass is 35.5. The number of aromatic nitrogens is 1. The van der Waals surface area contributed by atoms with Crippen LogP contribution in [0.4, 0.5) is 0 Å². The van der Waals surface area contributed by atoms with Crippen molar-refractivity contribution >= 4 is 30.7 Å². The van der Waals surface area contributed by atoms with Gasteiger partial charge in [0.05, 0.1) is 18.3 Å². The normalized spacial score (nSPS) is 16.1. The third-order valence-corrected chi connectivity index (χ3v) is 3.83. The van der Waals surface area contributed by atoms with Crippen LogP contribution in [-0.2, 0) is 16.1 Å². The average Bonchev–Trinajstić information content (AvgIpc) is 2.53. The number of pyridine rings is 1. The van der Waals surface area contributed by atoms with Gasteiger partial charge in [-0.1, -0.05) is 6.07 Å². The largest absolute Gasteiger partial charge is 0.381 e. The molecule has 1 atom stereocenters. The number of amides is 1. The van der Waals surface area contributed by atoms with Gasteiger partial charge in [-0.2, -0.15) is 0 Å². The molecule has 1 aromatic rings. The molecule has 2 N–H and O–H groups in total. The van der Waals surface area contributed by atoms with Gasteiger partial charge in [-0.15, -0.1) is 24.8 Å². The highest BCUT2D eigenvalue weighted by molar-refractivity contribution is 5.85. The SMILES string of the molecule is CCN(Cc1ccccn1)C(=O)C(N)C1CCOCC1.Cl.Cl. The summed E-state index contributed by atoms with van der Waals surface area (Å²) in [5.41, 5.74) is 7.05. The average molecular weight is 350 g/mol. The Hall–Kier alpha value is -0.880. The molecule has 1 fully saturated rings. The summed E-state index contributed by atoms with van der Waals surface area (Å²) >= 11 is 0. The Labute approximate surface area is 144 Å². The summed E-state index contributed by atoms with van der Waals surface area (Å²) in [5.74, 6) is 0.249. The predicted molar refractivity (Wildman–Crippen MR) is 91.3 cm³/mol. The molecule has 1 aliphatic heterocycles. The van der Waals surface area contributed by atoms with E-state index in [4.69, 9.17) is 10.5 Å². The topological polar surface area (TPSA) is 68.5 Å². The van der Waals surface area contributed by atoms with Crippen molar-refractivity contribution in [1.29, 1.82) is 0 Å². The van der Waals surface area contributed by atoms with E-state index in [2.05, 4.69) is 4.98 Å². The van der Waals surface area contributed by atoms with Crippen LogP contribution in [0.3, 0.4) is 0 Å². The van der Waals surface area contributed by atoms with E-state index in [0.717, 1.165) is 18.5 Å². The number of nitrogens with zero attached hydrogens (tertiary/aromatic N) is 2. The third-order valence-electron chi connectivity index (χ3n) is 3.83. The number of hydrogen-bond donors (Lipinski definition) is 1.